The Morgan fingerprint density at radius 2 is 1.80 bits per heavy atom. The van der Waals surface area contributed by atoms with Gasteiger partial charge in [-0.05, 0) is 49.2 Å². The van der Waals surface area contributed by atoms with E-state index in [0.29, 0.717) is 53.8 Å². The van der Waals surface area contributed by atoms with Crippen molar-refractivity contribution in [2.75, 3.05) is 13.1 Å². The van der Waals surface area contributed by atoms with Gasteiger partial charge >= 0.3 is 5.69 Å². The third-order valence-corrected chi connectivity index (χ3v) is 7.06. The second-order valence-electron chi connectivity index (χ2n) is 9.46. The van der Waals surface area contributed by atoms with Gasteiger partial charge in [0.2, 0.25) is 0 Å². The molecule has 12 heteroatoms. The summed E-state index contributed by atoms with van der Waals surface area (Å²) in [5.74, 6) is -4.75. The number of carbonyl (C=O) groups excluding carboxylic acids is 1. The lowest BCUT2D eigenvalue weighted by atomic mass is 10.0. The minimum absolute atomic E-state index is 0.0377. The standard InChI is InChI=1S/C28H20F3N7O2/c29-20-11-19(12-21(30)26(20)31)38-25(17-2-1-7-33-15-17)13-23(35-38)27(39)36-8-5-18(6-9-36)37-24-4-3-16(14-32)10-22(24)34-28(37)40/h1-4,7,10-13,15,18H,5-6,8-9H2,(H,34,40). The number of hydrogen-bond acceptors (Lipinski definition) is 5. The molecule has 0 unspecified atom stereocenters. The van der Waals surface area contributed by atoms with Gasteiger partial charge in [0.15, 0.2) is 23.1 Å². The van der Waals surface area contributed by atoms with E-state index in [2.05, 4.69) is 21.1 Å². The van der Waals surface area contributed by atoms with Gasteiger partial charge in [-0.25, -0.2) is 22.6 Å². The van der Waals surface area contributed by atoms with Gasteiger partial charge in [-0.15, -0.1) is 0 Å². The normalized spacial score (nSPS) is 14.0. The van der Waals surface area contributed by atoms with Crippen LogP contribution in [-0.4, -0.2) is 48.2 Å². The van der Waals surface area contributed by atoms with Crippen LogP contribution < -0.4 is 5.69 Å². The summed E-state index contributed by atoms with van der Waals surface area (Å²) in [5, 5.41) is 13.5. The molecule has 40 heavy (non-hydrogen) atoms. The maximum Gasteiger partial charge on any atom is 0.326 e. The fourth-order valence-corrected chi connectivity index (χ4v) is 5.12. The van der Waals surface area contributed by atoms with Crippen molar-refractivity contribution in [3.05, 3.63) is 100 Å². The fraction of sp³-hybridized carbons (Fsp3) is 0.179. The summed E-state index contributed by atoms with van der Waals surface area (Å²) < 4.78 is 44.6. The van der Waals surface area contributed by atoms with Crippen LogP contribution in [0.3, 0.4) is 0 Å². The Bertz CT molecular complexity index is 1840. The summed E-state index contributed by atoms with van der Waals surface area (Å²) in [4.78, 5) is 34.6. The molecule has 5 aromatic rings. The largest absolute Gasteiger partial charge is 0.337 e. The monoisotopic (exact) mass is 543 g/mol. The molecule has 1 amide bonds. The predicted molar refractivity (Wildman–Crippen MR) is 138 cm³/mol. The van der Waals surface area contributed by atoms with Crippen molar-refractivity contribution in [3.63, 3.8) is 0 Å². The number of carbonyl (C=O) groups is 1. The van der Waals surface area contributed by atoms with Gasteiger partial charge in [0.05, 0.1) is 34.0 Å². The van der Waals surface area contributed by atoms with Crippen molar-refractivity contribution in [3.8, 4) is 23.0 Å². The molecule has 1 fully saturated rings. The number of piperidine rings is 1. The zero-order chi connectivity index (χ0) is 28.0. The number of nitrogens with one attached hydrogen (secondary N) is 1. The number of aromatic nitrogens is 5. The van der Waals surface area contributed by atoms with Gasteiger partial charge < -0.3 is 9.88 Å². The van der Waals surface area contributed by atoms with Crippen molar-refractivity contribution in [2.45, 2.75) is 18.9 Å². The van der Waals surface area contributed by atoms with E-state index < -0.39 is 23.4 Å². The number of benzene rings is 2. The summed E-state index contributed by atoms with van der Waals surface area (Å²) in [6, 6.07) is 13.4. The van der Waals surface area contributed by atoms with Crippen LogP contribution in [0.25, 0.3) is 28.0 Å². The van der Waals surface area contributed by atoms with Gasteiger partial charge in [-0.3, -0.25) is 14.3 Å². The Morgan fingerprint density at radius 3 is 2.48 bits per heavy atom. The van der Waals surface area contributed by atoms with Gasteiger partial charge in [-0.1, -0.05) is 0 Å². The van der Waals surface area contributed by atoms with Crippen LogP contribution in [0.5, 0.6) is 0 Å². The third-order valence-electron chi connectivity index (χ3n) is 7.06. The van der Waals surface area contributed by atoms with Crippen molar-refractivity contribution < 1.29 is 18.0 Å². The van der Waals surface area contributed by atoms with E-state index in [1.165, 1.54) is 16.9 Å². The second kappa shape index (κ2) is 9.85. The number of amides is 1. The first-order chi connectivity index (χ1) is 19.3. The van der Waals surface area contributed by atoms with Crippen molar-refractivity contribution in [1.82, 2.24) is 29.2 Å². The lowest BCUT2D eigenvalue weighted by Crippen LogP contribution is -2.40. The van der Waals surface area contributed by atoms with Crippen LogP contribution in [0, 0.1) is 28.8 Å². The van der Waals surface area contributed by atoms with E-state index in [1.54, 1.807) is 46.0 Å². The Labute approximate surface area is 224 Å². The van der Waals surface area contributed by atoms with Gasteiger partial charge in [0, 0.05) is 49.2 Å². The van der Waals surface area contributed by atoms with Crippen LogP contribution in [0.4, 0.5) is 13.2 Å². The summed E-state index contributed by atoms with van der Waals surface area (Å²) in [6.07, 6.45) is 4.08. The number of H-pyrrole nitrogens is 1. The molecule has 0 aliphatic carbocycles. The molecule has 0 bridgehead atoms. The summed E-state index contributed by atoms with van der Waals surface area (Å²) in [7, 11) is 0. The smallest absolute Gasteiger partial charge is 0.326 e. The van der Waals surface area contributed by atoms with Crippen molar-refractivity contribution in [2.24, 2.45) is 0 Å². The van der Waals surface area contributed by atoms with Crippen LogP contribution in [-0.2, 0) is 0 Å². The molecule has 6 rings (SSSR count). The van der Waals surface area contributed by atoms with Crippen LogP contribution in [0.15, 0.2) is 65.7 Å². The van der Waals surface area contributed by atoms with E-state index >= 15 is 0 Å². The first-order valence-electron chi connectivity index (χ1n) is 12.4. The highest BCUT2D eigenvalue weighted by molar-refractivity contribution is 5.93. The van der Waals surface area contributed by atoms with Crippen molar-refractivity contribution in [1.29, 1.82) is 5.26 Å². The molecule has 0 radical (unpaired) electrons. The zero-order valence-electron chi connectivity index (χ0n) is 20.8. The molecule has 200 valence electrons. The third kappa shape index (κ3) is 4.31. The Balaban J connectivity index is 1.28. The van der Waals surface area contributed by atoms with Crippen LogP contribution >= 0.6 is 0 Å². The molecule has 0 saturated carbocycles. The number of aromatic amines is 1. The molecule has 3 aromatic heterocycles. The van der Waals surface area contributed by atoms with E-state index in [0.717, 1.165) is 12.1 Å². The Morgan fingerprint density at radius 1 is 1.05 bits per heavy atom. The molecular formula is C28H20F3N7O2. The average Bonchev–Trinajstić information content (AvgIpc) is 3.56. The quantitative estimate of drug-likeness (QED) is 0.339. The first-order valence-corrected chi connectivity index (χ1v) is 12.4. The lowest BCUT2D eigenvalue weighted by Gasteiger charge is -2.32. The molecule has 1 aliphatic rings. The molecule has 1 N–H and O–H groups in total. The molecule has 1 saturated heterocycles. The summed E-state index contributed by atoms with van der Waals surface area (Å²) >= 11 is 0. The maximum atomic E-state index is 14.0. The number of nitriles is 1. The highest BCUT2D eigenvalue weighted by atomic mass is 19.2. The number of rotatable bonds is 4. The number of imidazole rings is 1. The zero-order valence-corrected chi connectivity index (χ0v) is 20.8. The second-order valence-corrected chi connectivity index (χ2v) is 9.46. The molecule has 4 heterocycles. The predicted octanol–water partition coefficient (Wildman–Crippen LogP) is 4.34. The molecule has 0 spiro atoms. The highest BCUT2D eigenvalue weighted by Gasteiger charge is 2.29. The van der Waals surface area contributed by atoms with Gasteiger partial charge in [0.1, 0.15) is 0 Å². The van der Waals surface area contributed by atoms with Crippen molar-refractivity contribution >= 4 is 16.9 Å². The highest BCUT2D eigenvalue weighted by Crippen LogP contribution is 2.29. The number of halogens is 3. The average molecular weight is 544 g/mol. The topological polar surface area (TPSA) is 113 Å². The number of fused-ring (bicyclic) bond motifs is 1. The number of nitrogens with zero attached hydrogens (tertiary/aromatic N) is 6. The summed E-state index contributed by atoms with van der Waals surface area (Å²) in [6.45, 7) is 0.682. The van der Waals surface area contributed by atoms with E-state index in [9.17, 15) is 22.8 Å². The summed E-state index contributed by atoms with van der Waals surface area (Å²) in [5.41, 5.74) is 2.25. The minimum atomic E-state index is -1.60. The van der Waals surface area contributed by atoms with E-state index in [-0.39, 0.29) is 23.1 Å². The molecular weight excluding hydrogens is 523 g/mol. The maximum absolute atomic E-state index is 14.0. The van der Waals surface area contributed by atoms with Crippen LogP contribution in [0.1, 0.15) is 34.9 Å². The van der Waals surface area contributed by atoms with Gasteiger partial charge in [0.25, 0.3) is 5.91 Å². The first kappa shape index (κ1) is 25.1. The molecule has 1 aliphatic heterocycles. The Hall–Kier alpha value is -5.18. The Kier molecular flexibility index (Phi) is 6.18. The SMILES string of the molecule is N#Cc1ccc2c(c1)[nH]c(=O)n2C1CCN(C(=O)c2cc(-c3cccnc3)n(-c3cc(F)c(F)c(F)c3)n2)CC1. The number of likely N-dealkylation sites (tertiary alicyclic amines) is 1. The lowest BCUT2D eigenvalue weighted by molar-refractivity contribution is 0.0688. The molecule has 0 atom stereocenters. The number of hydrogen-bond donors (Lipinski definition) is 1. The number of pyridine rings is 1. The van der Waals surface area contributed by atoms with Crippen LogP contribution in [0.2, 0.25) is 0 Å². The molecule has 9 nitrogen and oxygen atoms in total. The minimum Gasteiger partial charge on any atom is -0.337 e. The van der Waals surface area contributed by atoms with Gasteiger partial charge in [-0.2, -0.15) is 10.4 Å². The van der Waals surface area contributed by atoms with E-state index in [1.807, 2.05) is 0 Å². The molecule has 2 aromatic carbocycles. The van der Waals surface area contributed by atoms with E-state index in [4.69, 9.17) is 5.26 Å². The fourth-order valence-electron chi connectivity index (χ4n) is 5.12.